The first-order valence-corrected chi connectivity index (χ1v) is 7.33. The van der Waals surface area contributed by atoms with Gasteiger partial charge in [-0.1, -0.05) is 20.3 Å². The number of amides is 1. The number of rotatable bonds is 4. The van der Waals surface area contributed by atoms with Gasteiger partial charge >= 0.3 is 0 Å². The lowest BCUT2D eigenvalue weighted by atomic mass is 9.89. The van der Waals surface area contributed by atoms with E-state index >= 15 is 0 Å². The summed E-state index contributed by atoms with van der Waals surface area (Å²) in [6.07, 6.45) is 4.86. The maximum Gasteiger partial charge on any atom is 0.257 e. The van der Waals surface area contributed by atoms with Crippen LogP contribution in [0.1, 0.15) is 37.0 Å². The molecular formula is C15H23N3O2. The molecule has 2 heterocycles. The normalized spacial score (nSPS) is 22.8. The summed E-state index contributed by atoms with van der Waals surface area (Å²) in [6, 6.07) is 2.06. The summed E-state index contributed by atoms with van der Waals surface area (Å²) in [4.78, 5) is 18.1. The molecule has 0 radical (unpaired) electrons. The average molecular weight is 277 g/mol. The molecule has 1 aliphatic heterocycles. The van der Waals surface area contributed by atoms with E-state index in [1.165, 1.54) is 12.4 Å². The number of aromatic nitrogens is 1. The summed E-state index contributed by atoms with van der Waals surface area (Å²) in [7, 11) is 0. The highest BCUT2D eigenvalue weighted by Crippen LogP contribution is 2.24. The smallest absolute Gasteiger partial charge is 0.257 e. The van der Waals surface area contributed by atoms with Crippen LogP contribution in [0.15, 0.2) is 18.5 Å². The molecule has 1 amide bonds. The molecule has 0 bridgehead atoms. The van der Waals surface area contributed by atoms with E-state index in [9.17, 15) is 9.90 Å². The lowest BCUT2D eigenvalue weighted by Gasteiger charge is -2.38. The highest BCUT2D eigenvalue weighted by molar-refractivity contribution is 5.96. The standard InChI is InChI=1S/C15H23N3O2/c1-3-11-10-18(8-6-13(11)17-4-2)15(20)12-5-7-16-9-14(12)19/h5,7,9,11,13,17,19H,3-4,6,8,10H2,1-2H3. The highest BCUT2D eigenvalue weighted by atomic mass is 16.3. The van der Waals surface area contributed by atoms with Crippen molar-refractivity contribution in [2.75, 3.05) is 19.6 Å². The van der Waals surface area contributed by atoms with Crippen LogP contribution < -0.4 is 5.32 Å². The predicted octanol–water partition coefficient (Wildman–Crippen LogP) is 1.64. The van der Waals surface area contributed by atoms with Crippen molar-refractivity contribution >= 4 is 5.91 Å². The van der Waals surface area contributed by atoms with Gasteiger partial charge < -0.3 is 15.3 Å². The molecule has 5 nitrogen and oxygen atoms in total. The Morgan fingerprint density at radius 3 is 3.00 bits per heavy atom. The van der Waals surface area contributed by atoms with E-state index in [2.05, 4.69) is 24.1 Å². The number of pyridine rings is 1. The van der Waals surface area contributed by atoms with Crippen LogP contribution in [0, 0.1) is 5.92 Å². The first-order valence-electron chi connectivity index (χ1n) is 7.33. The number of nitrogens with one attached hydrogen (secondary N) is 1. The number of nitrogens with zero attached hydrogens (tertiary/aromatic N) is 2. The van der Waals surface area contributed by atoms with Gasteiger partial charge in [-0.05, 0) is 24.9 Å². The van der Waals surface area contributed by atoms with Gasteiger partial charge in [0, 0.05) is 25.3 Å². The number of hydrogen-bond acceptors (Lipinski definition) is 4. The van der Waals surface area contributed by atoms with Gasteiger partial charge in [-0.2, -0.15) is 0 Å². The number of likely N-dealkylation sites (tertiary alicyclic amines) is 1. The molecule has 0 aliphatic carbocycles. The van der Waals surface area contributed by atoms with E-state index in [1.54, 1.807) is 6.07 Å². The molecule has 0 spiro atoms. The second-order valence-electron chi connectivity index (χ2n) is 5.27. The van der Waals surface area contributed by atoms with Gasteiger partial charge in [0.05, 0.1) is 11.8 Å². The Kier molecular flexibility index (Phi) is 4.95. The Balaban J connectivity index is 2.07. The Bertz CT molecular complexity index is 464. The van der Waals surface area contributed by atoms with E-state index in [0.717, 1.165) is 32.5 Å². The van der Waals surface area contributed by atoms with Crippen LogP contribution in [0.25, 0.3) is 0 Å². The fourth-order valence-electron chi connectivity index (χ4n) is 2.90. The first kappa shape index (κ1) is 14.8. The van der Waals surface area contributed by atoms with Crippen LogP contribution in [0.3, 0.4) is 0 Å². The molecule has 20 heavy (non-hydrogen) atoms. The molecule has 0 saturated carbocycles. The van der Waals surface area contributed by atoms with E-state index in [-0.39, 0.29) is 11.7 Å². The predicted molar refractivity (Wildman–Crippen MR) is 77.7 cm³/mol. The Labute approximate surface area is 120 Å². The SMILES string of the molecule is CCNC1CCN(C(=O)c2ccncc2O)CC1CC. The summed E-state index contributed by atoms with van der Waals surface area (Å²) >= 11 is 0. The average Bonchev–Trinajstić information content (AvgIpc) is 2.48. The van der Waals surface area contributed by atoms with Crippen molar-refractivity contribution in [1.82, 2.24) is 15.2 Å². The third-order valence-corrected chi connectivity index (χ3v) is 4.04. The number of piperidine rings is 1. The van der Waals surface area contributed by atoms with Crippen molar-refractivity contribution in [2.45, 2.75) is 32.7 Å². The fourth-order valence-corrected chi connectivity index (χ4v) is 2.90. The van der Waals surface area contributed by atoms with E-state index in [4.69, 9.17) is 0 Å². The second kappa shape index (κ2) is 6.70. The van der Waals surface area contributed by atoms with Crippen molar-refractivity contribution < 1.29 is 9.90 Å². The number of carbonyl (C=O) groups excluding carboxylic acids is 1. The summed E-state index contributed by atoms with van der Waals surface area (Å²) in [6.45, 7) is 6.70. The molecule has 5 heteroatoms. The van der Waals surface area contributed by atoms with Gasteiger partial charge in [0.15, 0.2) is 0 Å². The molecule has 1 fully saturated rings. The van der Waals surface area contributed by atoms with Crippen LogP contribution in [0.2, 0.25) is 0 Å². The van der Waals surface area contributed by atoms with E-state index in [1.807, 2.05) is 4.90 Å². The second-order valence-corrected chi connectivity index (χ2v) is 5.27. The third kappa shape index (κ3) is 3.10. The molecule has 1 aromatic rings. The van der Waals surface area contributed by atoms with Gasteiger partial charge in [0.25, 0.3) is 5.91 Å². The van der Waals surface area contributed by atoms with Crippen molar-refractivity contribution in [3.63, 3.8) is 0 Å². The van der Waals surface area contributed by atoms with Crippen LogP contribution >= 0.6 is 0 Å². The number of carbonyl (C=O) groups is 1. The lowest BCUT2D eigenvalue weighted by molar-refractivity contribution is 0.0625. The Morgan fingerprint density at radius 2 is 2.35 bits per heavy atom. The number of aromatic hydroxyl groups is 1. The minimum absolute atomic E-state index is 0.0423. The van der Waals surface area contributed by atoms with Gasteiger partial charge in [-0.3, -0.25) is 9.78 Å². The van der Waals surface area contributed by atoms with Crippen LogP contribution in [-0.4, -0.2) is 46.6 Å². The van der Waals surface area contributed by atoms with E-state index in [0.29, 0.717) is 17.5 Å². The molecular weight excluding hydrogens is 254 g/mol. The fraction of sp³-hybridized carbons (Fsp3) is 0.600. The quantitative estimate of drug-likeness (QED) is 0.878. The molecule has 0 aromatic carbocycles. The maximum atomic E-state index is 12.5. The molecule has 1 aromatic heterocycles. The summed E-state index contributed by atoms with van der Waals surface area (Å²) < 4.78 is 0. The summed E-state index contributed by atoms with van der Waals surface area (Å²) in [5, 5.41) is 13.2. The van der Waals surface area contributed by atoms with Crippen molar-refractivity contribution in [1.29, 1.82) is 0 Å². The number of hydrogen-bond donors (Lipinski definition) is 2. The van der Waals surface area contributed by atoms with Crippen LogP contribution in [0.4, 0.5) is 0 Å². The van der Waals surface area contributed by atoms with E-state index < -0.39 is 0 Å². The molecule has 1 saturated heterocycles. The van der Waals surface area contributed by atoms with Gasteiger partial charge in [-0.25, -0.2) is 0 Å². The zero-order chi connectivity index (χ0) is 14.5. The summed E-state index contributed by atoms with van der Waals surface area (Å²) in [5.74, 6) is 0.328. The lowest BCUT2D eigenvalue weighted by Crippen LogP contribution is -2.50. The van der Waals surface area contributed by atoms with Gasteiger partial charge in [-0.15, -0.1) is 0 Å². The Morgan fingerprint density at radius 1 is 1.55 bits per heavy atom. The van der Waals surface area contributed by atoms with Crippen molar-refractivity contribution in [3.8, 4) is 5.75 Å². The van der Waals surface area contributed by atoms with Gasteiger partial charge in [0.2, 0.25) is 0 Å². The molecule has 110 valence electrons. The van der Waals surface area contributed by atoms with Crippen molar-refractivity contribution in [3.05, 3.63) is 24.0 Å². The van der Waals surface area contributed by atoms with Crippen LogP contribution in [0.5, 0.6) is 5.75 Å². The van der Waals surface area contributed by atoms with Gasteiger partial charge in [0.1, 0.15) is 5.75 Å². The monoisotopic (exact) mass is 277 g/mol. The zero-order valence-corrected chi connectivity index (χ0v) is 12.2. The highest BCUT2D eigenvalue weighted by Gasteiger charge is 2.30. The third-order valence-electron chi connectivity index (χ3n) is 4.04. The first-order chi connectivity index (χ1) is 9.67. The molecule has 2 unspecified atom stereocenters. The zero-order valence-electron chi connectivity index (χ0n) is 12.2. The summed E-state index contributed by atoms with van der Waals surface area (Å²) in [5.41, 5.74) is 0.344. The maximum absolute atomic E-state index is 12.5. The largest absolute Gasteiger partial charge is 0.505 e. The van der Waals surface area contributed by atoms with Crippen molar-refractivity contribution in [2.24, 2.45) is 5.92 Å². The Hall–Kier alpha value is -1.62. The topological polar surface area (TPSA) is 65.5 Å². The molecule has 2 N–H and O–H groups in total. The molecule has 1 aliphatic rings. The minimum Gasteiger partial charge on any atom is -0.505 e. The molecule has 2 rings (SSSR count). The molecule has 2 atom stereocenters. The minimum atomic E-state index is -0.0988. The van der Waals surface area contributed by atoms with Crippen LogP contribution in [-0.2, 0) is 0 Å².